The fourth-order valence-corrected chi connectivity index (χ4v) is 4.30. The molecule has 2 aliphatic heterocycles. The number of aromatic nitrogens is 2. The van der Waals surface area contributed by atoms with Gasteiger partial charge in [-0.05, 0) is 56.3 Å². The molecule has 0 bridgehead atoms. The summed E-state index contributed by atoms with van der Waals surface area (Å²) >= 11 is 0. The highest BCUT2D eigenvalue weighted by Gasteiger charge is 2.20. The van der Waals surface area contributed by atoms with E-state index in [1.807, 2.05) is 42.3 Å². The molecule has 0 spiro atoms. The topological polar surface area (TPSA) is 90.5 Å². The summed E-state index contributed by atoms with van der Waals surface area (Å²) in [7, 11) is 0. The molecule has 1 fully saturated rings. The first kappa shape index (κ1) is 23.5. The molecule has 4 rings (SSSR count). The highest BCUT2D eigenvalue weighted by atomic mass is 16.2. The molecule has 0 radical (unpaired) electrons. The summed E-state index contributed by atoms with van der Waals surface area (Å²) in [6.07, 6.45) is 9.89. The summed E-state index contributed by atoms with van der Waals surface area (Å²) in [5.41, 5.74) is 4.76. The molecule has 2 aliphatic rings. The Bertz CT molecular complexity index is 1130. The molecular weight excluding hydrogens is 428 g/mol. The molecule has 34 heavy (non-hydrogen) atoms. The van der Waals surface area contributed by atoms with Crippen LogP contribution < -0.4 is 15.5 Å². The van der Waals surface area contributed by atoms with Gasteiger partial charge < -0.3 is 20.4 Å². The molecule has 0 aromatic carbocycles. The summed E-state index contributed by atoms with van der Waals surface area (Å²) < 4.78 is 0. The third-order valence-corrected chi connectivity index (χ3v) is 6.11. The summed E-state index contributed by atoms with van der Waals surface area (Å²) in [6, 6.07) is 5.78. The van der Waals surface area contributed by atoms with Crippen molar-refractivity contribution in [2.24, 2.45) is 0 Å². The largest absolute Gasteiger partial charge is 0.382 e. The van der Waals surface area contributed by atoms with Crippen molar-refractivity contribution < 1.29 is 9.59 Å². The lowest BCUT2D eigenvalue weighted by Crippen LogP contribution is -2.48. The molecule has 8 heteroatoms. The van der Waals surface area contributed by atoms with Crippen LogP contribution in [0.25, 0.3) is 5.57 Å². The highest BCUT2D eigenvalue weighted by molar-refractivity contribution is 5.91. The SMILES string of the molecule is CC(=O)N1CCN(c2ccc(NC(=O)Cc3cnc(C4=CC(C)(C)NC=C4)c(C)c3)nc2)CC1. The van der Waals surface area contributed by atoms with Crippen LogP contribution in [0.3, 0.4) is 0 Å². The number of piperazine rings is 1. The number of pyridine rings is 2. The van der Waals surface area contributed by atoms with Crippen LogP contribution in [0, 0.1) is 6.92 Å². The molecule has 4 heterocycles. The molecular formula is C26H32N6O2. The van der Waals surface area contributed by atoms with Gasteiger partial charge in [0.05, 0.1) is 29.5 Å². The zero-order chi connectivity index (χ0) is 24.3. The van der Waals surface area contributed by atoms with E-state index in [4.69, 9.17) is 0 Å². The molecule has 178 valence electrons. The molecule has 2 N–H and O–H groups in total. The summed E-state index contributed by atoms with van der Waals surface area (Å²) in [5, 5.41) is 6.18. The number of anilines is 2. The Morgan fingerprint density at radius 2 is 1.88 bits per heavy atom. The number of rotatable bonds is 5. The van der Waals surface area contributed by atoms with Crippen LogP contribution in [0.15, 0.2) is 48.9 Å². The molecule has 0 aliphatic carbocycles. The van der Waals surface area contributed by atoms with Crippen molar-refractivity contribution in [3.8, 4) is 0 Å². The third-order valence-electron chi connectivity index (χ3n) is 6.11. The van der Waals surface area contributed by atoms with E-state index < -0.39 is 0 Å². The lowest BCUT2D eigenvalue weighted by Gasteiger charge is -2.35. The van der Waals surface area contributed by atoms with Crippen molar-refractivity contribution in [1.29, 1.82) is 0 Å². The fourth-order valence-electron chi connectivity index (χ4n) is 4.30. The van der Waals surface area contributed by atoms with Crippen LogP contribution in [0.2, 0.25) is 0 Å². The first-order valence-electron chi connectivity index (χ1n) is 11.6. The Morgan fingerprint density at radius 1 is 1.12 bits per heavy atom. The number of nitrogens with zero attached hydrogens (tertiary/aromatic N) is 4. The zero-order valence-electron chi connectivity index (χ0n) is 20.3. The summed E-state index contributed by atoms with van der Waals surface area (Å²) in [5.74, 6) is 0.496. The van der Waals surface area contributed by atoms with Gasteiger partial charge in [-0.3, -0.25) is 14.6 Å². The van der Waals surface area contributed by atoms with E-state index in [2.05, 4.69) is 45.4 Å². The van der Waals surface area contributed by atoms with Crippen molar-refractivity contribution in [2.45, 2.75) is 39.7 Å². The van der Waals surface area contributed by atoms with E-state index in [-0.39, 0.29) is 23.8 Å². The molecule has 0 atom stereocenters. The van der Waals surface area contributed by atoms with Gasteiger partial charge in [-0.1, -0.05) is 12.1 Å². The number of carbonyl (C=O) groups excluding carboxylic acids is 2. The smallest absolute Gasteiger partial charge is 0.230 e. The second-order valence-corrected chi connectivity index (χ2v) is 9.43. The second kappa shape index (κ2) is 9.67. The van der Waals surface area contributed by atoms with Gasteiger partial charge in [0.2, 0.25) is 11.8 Å². The monoisotopic (exact) mass is 460 g/mol. The number of allylic oxidation sites excluding steroid dienone is 2. The van der Waals surface area contributed by atoms with Gasteiger partial charge in [-0.2, -0.15) is 0 Å². The van der Waals surface area contributed by atoms with Crippen LogP contribution in [0.5, 0.6) is 0 Å². The Hall–Kier alpha value is -3.68. The summed E-state index contributed by atoms with van der Waals surface area (Å²) in [6.45, 7) is 10.8. The minimum atomic E-state index is -0.133. The predicted octanol–water partition coefficient (Wildman–Crippen LogP) is 2.91. The standard InChI is InChI=1S/C26H32N6O2/c1-18-13-20(16-28-25(18)21-7-8-29-26(3,4)15-21)14-24(34)30-23-6-5-22(17-27-23)32-11-9-31(10-12-32)19(2)33/h5-8,13,15-17,29H,9-12,14H2,1-4H3,(H,27,30,34). The van der Waals surface area contributed by atoms with Gasteiger partial charge in [0.15, 0.2) is 0 Å². The van der Waals surface area contributed by atoms with Crippen LogP contribution in [0.4, 0.5) is 11.5 Å². The molecule has 0 unspecified atom stereocenters. The average molecular weight is 461 g/mol. The van der Waals surface area contributed by atoms with Crippen molar-refractivity contribution in [1.82, 2.24) is 20.2 Å². The molecule has 8 nitrogen and oxygen atoms in total. The lowest BCUT2D eigenvalue weighted by atomic mass is 9.94. The van der Waals surface area contributed by atoms with E-state index in [0.29, 0.717) is 18.9 Å². The number of amides is 2. The van der Waals surface area contributed by atoms with Gasteiger partial charge in [-0.25, -0.2) is 4.98 Å². The number of dihydropyridines is 1. The number of aryl methyl sites for hydroxylation is 1. The Labute approximate surface area is 200 Å². The van der Waals surface area contributed by atoms with E-state index in [0.717, 1.165) is 41.2 Å². The maximum Gasteiger partial charge on any atom is 0.230 e. The molecule has 1 saturated heterocycles. The van der Waals surface area contributed by atoms with E-state index in [1.54, 1.807) is 19.3 Å². The van der Waals surface area contributed by atoms with Gasteiger partial charge in [0, 0.05) is 44.9 Å². The van der Waals surface area contributed by atoms with E-state index in [1.165, 1.54) is 0 Å². The van der Waals surface area contributed by atoms with Crippen LogP contribution in [-0.4, -0.2) is 58.4 Å². The molecule has 0 saturated carbocycles. The van der Waals surface area contributed by atoms with Crippen molar-refractivity contribution in [2.75, 3.05) is 36.4 Å². The first-order chi connectivity index (χ1) is 16.2. The van der Waals surface area contributed by atoms with Gasteiger partial charge in [0.1, 0.15) is 5.82 Å². The Balaban J connectivity index is 1.34. The van der Waals surface area contributed by atoms with E-state index in [9.17, 15) is 9.59 Å². The molecule has 2 aromatic rings. The third kappa shape index (κ3) is 5.62. The van der Waals surface area contributed by atoms with Crippen LogP contribution >= 0.6 is 0 Å². The minimum Gasteiger partial charge on any atom is -0.382 e. The second-order valence-electron chi connectivity index (χ2n) is 9.43. The fraction of sp³-hybridized carbons (Fsp3) is 0.385. The first-order valence-corrected chi connectivity index (χ1v) is 11.6. The van der Waals surface area contributed by atoms with Crippen LogP contribution in [0.1, 0.15) is 37.6 Å². The van der Waals surface area contributed by atoms with Crippen molar-refractivity contribution >= 4 is 28.9 Å². The minimum absolute atomic E-state index is 0.111. The quantitative estimate of drug-likeness (QED) is 0.713. The Kier molecular flexibility index (Phi) is 6.68. The highest BCUT2D eigenvalue weighted by Crippen LogP contribution is 2.25. The maximum atomic E-state index is 12.6. The number of hydrogen-bond acceptors (Lipinski definition) is 6. The normalized spacial score (nSPS) is 17.1. The molecule has 2 amide bonds. The van der Waals surface area contributed by atoms with Crippen molar-refractivity contribution in [3.63, 3.8) is 0 Å². The number of hydrogen-bond donors (Lipinski definition) is 2. The van der Waals surface area contributed by atoms with Gasteiger partial charge >= 0.3 is 0 Å². The molecule has 2 aromatic heterocycles. The van der Waals surface area contributed by atoms with Crippen LogP contribution in [-0.2, 0) is 16.0 Å². The van der Waals surface area contributed by atoms with Gasteiger partial charge in [0.25, 0.3) is 0 Å². The van der Waals surface area contributed by atoms with Gasteiger partial charge in [-0.15, -0.1) is 0 Å². The number of carbonyl (C=O) groups is 2. The van der Waals surface area contributed by atoms with Crippen molar-refractivity contribution in [3.05, 3.63) is 65.8 Å². The summed E-state index contributed by atoms with van der Waals surface area (Å²) in [4.78, 5) is 37.2. The van der Waals surface area contributed by atoms with E-state index >= 15 is 0 Å². The lowest BCUT2D eigenvalue weighted by molar-refractivity contribution is -0.129. The number of nitrogens with one attached hydrogen (secondary N) is 2. The average Bonchev–Trinajstić information content (AvgIpc) is 2.79. The zero-order valence-corrected chi connectivity index (χ0v) is 20.3. The predicted molar refractivity (Wildman–Crippen MR) is 134 cm³/mol. The maximum absolute atomic E-state index is 12.6. The Morgan fingerprint density at radius 3 is 2.50 bits per heavy atom.